The number of rotatable bonds is 0. The molecule has 1 heterocycles. The van der Waals surface area contributed by atoms with E-state index in [2.05, 4.69) is 0 Å². The van der Waals surface area contributed by atoms with E-state index < -0.39 is 0 Å². The molecule has 2 rings (SSSR count). The van der Waals surface area contributed by atoms with Gasteiger partial charge in [-0.25, -0.2) is 0 Å². The highest BCUT2D eigenvalue weighted by atomic mass is 35.5. The fourth-order valence-corrected chi connectivity index (χ4v) is 1.37. The third-order valence-corrected chi connectivity index (χ3v) is 1.94. The van der Waals surface area contributed by atoms with Crippen LogP contribution in [0, 0.1) is 6.92 Å². The van der Waals surface area contributed by atoms with Gasteiger partial charge in [0.2, 0.25) is 0 Å². The molecule has 0 aliphatic rings. The number of furan rings is 1. The van der Waals surface area contributed by atoms with Crippen molar-refractivity contribution in [3.63, 3.8) is 0 Å². The average Bonchev–Trinajstić information content (AvgIpc) is 2.31. The van der Waals surface area contributed by atoms with Crippen molar-refractivity contribution in [2.45, 2.75) is 6.92 Å². The molecular formula is C9H7ClO. The predicted octanol–water partition coefficient (Wildman–Crippen LogP) is 3.39. The first kappa shape index (κ1) is 6.74. The molecule has 0 aliphatic heterocycles. The van der Waals surface area contributed by atoms with Crippen molar-refractivity contribution in [2.75, 3.05) is 0 Å². The quantitative estimate of drug-likeness (QED) is 0.585. The van der Waals surface area contributed by atoms with Gasteiger partial charge in [-0.2, -0.15) is 0 Å². The number of aryl methyl sites for hydroxylation is 1. The number of fused-ring (bicyclic) bond motifs is 1. The Bertz CT molecular complexity index is 389. The lowest BCUT2D eigenvalue weighted by Crippen LogP contribution is -1.69. The van der Waals surface area contributed by atoms with Gasteiger partial charge >= 0.3 is 0 Å². The summed E-state index contributed by atoms with van der Waals surface area (Å²) in [6.45, 7) is 2.04. The van der Waals surface area contributed by atoms with Crippen LogP contribution in [0.2, 0.25) is 5.22 Å². The molecular weight excluding hydrogens is 160 g/mol. The highest BCUT2D eigenvalue weighted by molar-refractivity contribution is 6.29. The van der Waals surface area contributed by atoms with Crippen LogP contribution >= 0.6 is 11.6 Å². The SMILES string of the molecule is Cc1cccc2oc(Cl)cc12. The second-order valence-electron chi connectivity index (χ2n) is 2.54. The van der Waals surface area contributed by atoms with Crippen molar-refractivity contribution in [1.29, 1.82) is 0 Å². The summed E-state index contributed by atoms with van der Waals surface area (Å²) in [4.78, 5) is 0. The summed E-state index contributed by atoms with van der Waals surface area (Å²) in [5.41, 5.74) is 2.05. The highest BCUT2D eigenvalue weighted by Gasteiger charge is 2.01. The zero-order valence-corrected chi connectivity index (χ0v) is 6.85. The standard InChI is InChI=1S/C9H7ClO/c1-6-3-2-4-8-7(6)5-9(10)11-8/h2-5H,1H3. The summed E-state index contributed by atoms with van der Waals surface area (Å²) >= 11 is 5.69. The van der Waals surface area contributed by atoms with Gasteiger partial charge in [-0.3, -0.25) is 0 Å². The maximum Gasteiger partial charge on any atom is 0.194 e. The summed E-state index contributed by atoms with van der Waals surface area (Å²) in [5.74, 6) is 0. The zero-order chi connectivity index (χ0) is 7.84. The molecule has 0 saturated carbocycles. The minimum Gasteiger partial charge on any atom is -0.445 e. The molecule has 0 amide bonds. The average molecular weight is 167 g/mol. The van der Waals surface area contributed by atoms with Gasteiger partial charge in [-0.1, -0.05) is 12.1 Å². The Hall–Kier alpha value is -0.950. The summed E-state index contributed by atoms with van der Waals surface area (Å²) < 4.78 is 5.21. The second-order valence-corrected chi connectivity index (χ2v) is 2.91. The van der Waals surface area contributed by atoms with Crippen molar-refractivity contribution in [2.24, 2.45) is 0 Å². The van der Waals surface area contributed by atoms with Crippen LogP contribution in [0.1, 0.15) is 5.56 Å². The molecule has 0 bridgehead atoms. The Kier molecular flexibility index (Phi) is 1.40. The van der Waals surface area contributed by atoms with E-state index in [9.17, 15) is 0 Å². The number of halogens is 1. The van der Waals surface area contributed by atoms with Crippen LogP contribution in [0.25, 0.3) is 11.0 Å². The molecule has 2 heteroatoms. The summed E-state index contributed by atoms with van der Waals surface area (Å²) in [5, 5.41) is 1.55. The summed E-state index contributed by atoms with van der Waals surface area (Å²) in [6.07, 6.45) is 0. The van der Waals surface area contributed by atoms with Crippen molar-refractivity contribution < 1.29 is 4.42 Å². The maximum atomic E-state index is 5.69. The maximum absolute atomic E-state index is 5.69. The minimum absolute atomic E-state index is 0.453. The second kappa shape index (κ2) is 2.28. The Morgan fingerprint density at radius 3 is 2.91 bits per heavy atom. The molecule has 1 aromatic heterocycles. The van der Waals surface area contributed by atoms with Gasteiger partial charge in [0.05, 0.1) is 0 Å². The lowest BCUT2D eigenvalue weighted by Gasteiger charge is -1.90. The summed E-state index contributed by atoms with van der Waals surface area (Å²) in [7, 11) is 0. The van der Waals surface area contributed by atoms with E-state index in [4.69, 9.17) is 16.0 Å². The Labute approximate surface area is 69.6 Å². The largest absolute Gasteiger partial charge is 0.445 e. The summed E-state index contributed by atoms with van der Waals surface area (Å²) in [6, 6.07) is 7.74. The Morgan fingerprint density at radius 2 is 2.18 bits per heavy atom. The van der Waals surface area contributed by atoms with Crippen LogP contribution in [0.5, 0.6) is 0 Å². The zero-order valence-electron chi connectivity index (χ0n) is 6.10. The fraction of sp³-hybridized carbons (Fsp3) is 0.111. The van der Waals surface area contributed by atoms with Crippen molar-refractivity contribution >= 4 is 22.6 Å². The molecule has 0 fully saturated rings. The number of hydrogen-bond donors (Lipinski definition) is 0. The van der Waals surface area contributed by atoms with Crippen LogP contribution in [0.15, 0.2) is 28.7 Å². The van der Waals surface area contributed by atoms with Gasteiger partial charge in [0.15, 0.2) is 5.22 Å². The molecule has 1 aromatic carbocycles. The van der Waals surface area contributed by atoms with E-state index in [0.717, 1.165) is 11.0 Å². The molecule has 1 nitrogen and oxygen atoms in total. The van der Waals surface area contributed by atoms with Gasteiger partial charge in [-0.05, 0) is 30.2 Å². The molecule has 11 heavy (non-hydrogen) atoms. The monoisotopic (exact) mass is 166 g/mol. The van der Waals surface area contributed by atoms with E-state index in [0.29, 0.717) is 5.22 Å². The third-order valence-electron chi connectivity index (χ3n) is 1.75. The molecule has 0 atom stereocenters. The normalized spacial score (nSPS) is 10.7. The Morgan fingerprint density at radius 1 is 1.36 bits per heavy atom. The fourth-order valence-electron chi connectivity index (χ4n) is 1.18. The van der Waals surface area contributed by atoms with Gasteiger partial charge < -0.3 is 4.42 Å². The van der Waals surface area contributed by atoms with Crippen LogP contribution in [-0.4, -0.2) is 0 Å². The lowest BCUT2D eigenvalue weighted by molar-refractivity contribution is 0.618. The van der Waals surface area contributed by atoms with E-state index in [-0.39, 0.29) is 0 Å². The van der Waals surface area contributed by atoms with Gasteiger partial charge in [0.25, 0.3) is 0 Å². The van der Waals surface area contributed by atoms with Crippen molar-refractivity contribution in [1.82, 2.24) is 0 Å². The van der Waals surface area contributed by atoms with Crippen LogP contribution in [0.4, 0.5) is 0 Å². The van der Waals surface area contributed by atoms with Gasteiger partial charge in [0.1, 0.15) is 5.58 Å². The topological polar surface area (TPSA) is 13.1 Å². The molecule has 0 N–H and O–H groups in total. The molecule has 0 saturated heterocycles. The van der Waals surface area contributed by atoms with E-state index in [1.165, 1.54) is 5.56 Å². The first-order valence-electron chi connectivity index (χ1n) is 3.42. The van der Waals surface area contributed by atoms with E-state index in [1.807, 2.05) is 31.2 Å². The molecule has 0 radical (unpaired) electrons. The molecule has 2 aromatic rings. The Balaban J connectivity index is 2.90. The number of benzene rings is 1. The van der Waals surface area contributed by atoms with Crippen molar-refractivity contribution in [3.8, 4) is 0 Å². The third kappa shape index (κ3) is 1.02. The first-order valence-corrected chi connectivity index (χ1v) is 3.80. The van der Waals surface area contributed by atoms with Gasteiger partial charge in [-0.15, -0.1) is 0 Å². The van der Waals surface area contributed by atoms with Gasteiger partial charge in [0, 0.05) is 11.5 Å². The van der Waals surface area contributed by atoms with E-state index in [1.54, 1.807) is 0 Å². The number of hydrogen-bond acceptors (Lipinski definition) is 1. The van der Waals surface area contributed by atoms with Crippen LogP contribution < -0.4 is 0 Å². The predicted molar refractivity (Wildman–Crippen MR) is 46.0 cm³/mol. The smallest absolute Gasteiger partial charge is 0.194 e. The molecule has 0 spiro atoms. The van der Waals surface area contributed by atoms with Crippen molar-refractivity contribution in [3.05, 3.63) is 35.0 Å². The highest BCUT2D eigenvalue weighted by Crippen LogP contribution is 2.24. The van der Waals surface area contributed by atoms with Crippen LogP contribution in [-0.2, 0) is 0 Å². The lowest BCUT2D eigenvalue weighted by atomic mass is 10.1. The first-order chi connectivity index (χ1) is 5.27. The van der Waals surface area contributed by atoms with E-state index >= 15 is 0 Å². The minimum atomic E-state index is 0.453. The molecule has 56 valence electrons. The molecule has 0 unspecified atom stereocenters. The molecule has 0 aliphatic carbocycles. The van der Waals surface area contributed by atoms with Crippen LogP contribution in [0.3, 0.4) is 0 Å².